The zero-order chi connectivity index (χ0) is 16.9. The molecule has 0 spiro atoms. The van der Waals surface area contributed by atoms with Gasteiger partial charge in [-0.15, -0.1) is 11.3 Å². The van der Waals surface area contributed by atoms with Gasteiger partial charge in [0.15, 0.2) is 5.13 Å². The summed E-state index contributed by atoms with van der Waals surface area (Å²) >= 11 is 13.1. The molecule has 0 bridgehead atoms. The largest absolute Gasteiger partial charge is 0.326 e. The molecule has 6 nitrogen and oxygen atoms in total. The van der Waals surface area contributed by atoms with E-state index in [1.807, 2.05) is 0 Å². The van der Waals surface area contributed by atoms with Crippen molar-refractivity contribution in [1.29, 1.82) is 0 Å². The van der Waals surface area contributed by atoms with Crippen LogP contribution in [-0.4, -0.2) is 20.9 Å². The van der Waals surface area contributed by atoms with E-state index in [0.29, 0.717) is 32.5 Å². The molecule has 0 aliphatic rings. The summed E-state index contributed by atoms with van der Waals surface area (Å²) in [6.45, 7) is 0. The number of carbonyl (C=O) groups is 1. The number of carbonyl (C=O) groups excluding carboxylic acids is 1. The highest BCUT2D eigenvalue weighted by atomic mass is 35.5. The second kappa shape index (κ2) is 7.57. The van der Waals surface area contributed by atoms with Gasteiger partial charge in [-0.05, 0) is 24.3 Å². The fourth-order valence-corrected chi connectivity index (χ4v) is 2.85. The Balaban J connectivity index is 1.59. The number of amides is 1. The van der Waals surface area contributed by atoms with Crippen molar-refractivity contribution in [3.8, 4) is 0 Å². The van der Waals surface area contributed by atoms with Crippen molar-refractivity contribution in [1.82, 2.24) is 15.0 Å². The molecule has 1 amide bonds. The number of thiazole rings is 1. The zero-order valence-electron chi connectivity index (χ0n) is 12.2. The van der Waals surface area contributed by atoms with Gasteiger partial charge in [-0.1, -0.05) is 23.2 Å². The third-order valence-electron chi connectivity index (χ3n) is 2.88. The summed E-state index contributed by atoms with van der Waals surface area (Å²) in [5.74, 6) is 0.264. The number of anilines is 3. The normalized spacial score (nSPS) is 10.4. The molecule has 24 heavy (non-hydrogen) atoms. The van der Waals surface area contributed by atoms with Crippen LogP contribution in [0.4, 0.5) is 16.8 Å². The topological polar surface area (TPSA) is 79.8 Å². The van der Waals surface area contributed by atoms with Gasteiger partial charge in [-0.2, -0.15) is 0 Å². The minimum absolute atomic E-state index is 0.147. The first-order chi connectivity index (χ1) is 11.6. The summed E-state index contributed by atoms with van der Waals surface area (Å²) in [5.41, 5.74) is 1.23. The molecule has 1 aromatic carbocycles. The van der Waals surface area contributed by atoms with Crippen LogP contribution in [-0.2, 0) is 11.2 Å². The first kappa shape index (κ1) is 16.6. The van der Waals surface area contributed by atoms with E-state index < -0.39 is 0 Å². The maximum absolute atomic E-state index is 12.1. The standard InChI is InChI=1S/C15H11Cl2N5OS/c16-11-3-2-9(6-12(11)17)20-13(23)7-10-8-24-15(21-10)22-14-18-4-1-5-19-14/h1-6,8H,7H2,(H,20,23)(H,18,19,21,22). The Morgan fingerprint density at radius 1 is 1.17 bits per heavy atom. The van der Waals surface area contributed by atoms with Gasteiger partial charge < -0.3 is 10.6 Å². The summed E-state index contributed by atoms with van der Waals surface area (Å²) in [4.78, 5) is 24.5. The Morgan fingerprint density at radius 2 is 1.96 bits per heavy atom. The first-order valence-electron chi connectivity index (χ1n) is 6.83. The molecule has 3 rings (SSSR count). The van der Waals surface area contributed by atoms with Crippen LogP contribution in [0.2, 0.25) is 10.0 Å². The van der Waals surface area contributed by atoms with Gasteiger partial charge in [0.2, 0.25) is 11.9 Å². The van der Waals surface area contributed by atoms with Crippen LogP contribution in [0.1, 0.15) is 5.69 Å². The highest BCUT2D eigenvalue weighted by Crippen LogP contribution is 2.25. The van der Waals surface area contributed by atoms with Crippen LogP contribution in [0.15, 0.2) is 42.0 Å². The summed E-state index contributed by atoms with van der Waals surface area (Å²) < 4.78 is 0. The van der Waals surface area contributed by atoms with E-state index in [9.17, 15) is 4.79 Å². The van der Waals surface area contributed by atoms with Crippen LogP contribution in [0.3, 0.4) is 0 Å². The molecular formula is C15H11Cl2N5OS. The van der Waals surface area contributed by atoms with Crippen molar-refractivity contribution in [3.63, 3.8) is 0 Å². The van der Waals surface area contributed by atoms with E-state index in [2.05, 4.69) is 25.6 Å². The lowest BCUT2D eigenvalue weighted by Gasteiger charge is -2.05. The Bertz CT molecular complexity index is 856. The molecule has 0 atom stereocenters. The van der Waals surface area contributed by atoms with Gasteiger partial charge in [0.25, 0.3) is 0 Å². The molecule has 0 saturated heterocycles. The average molecular weight is 380 g/mol. The lowest BCUT2D eigenvalue weighted by molar-refractivity contribution is -0.115. The molecule has 0 radical (unpaired) electrons. The SMILES string of the molecule is O=C(Cc1csc(Nc2ncccn2)n1)Nc1ccc(Cl)c(Cl)c1. The molecule has 0 aliphatic heterocycles. The monoisotopic (exact) mass is 379 g/mol. The fourth-order valence-electron chi connectivity index (χ4n) is 1.85. The molecule has 0 aliphatic carbocycles. The van der Waals surface area contributed by atoms with Gasteiger partial charge in [0.1, 0.15) is 0 Å². The van der Waals surface area contributed by atoms with Crippen LogP contribution >= 0.6 is 34.5 Å². The van der Waals surface area contributed by atoms with Crippen LogP contribution in [0.5, 0.6) is 0 Å². The highest BCUT2D eigenvalue weighted by molar-refractivity contribution is 7.13. The summed E-state index contributed by atoms with van der Waals surface area (Å²) in [7, 11) is 0. The van der Waals surface area contributed by atoms with Crippen molar-refractivity contribution >= 4 is 57.2 Å². The van der Waals surface area contributed by atoms with Gasteiger partial charge in [-0.3, -0.25) is 4.79 Å². The predicted molar refractivity (Wildman–Crippen MR) is 96.2 cm³/mol. The molecule has 0 saturated carbocycles. The predicted octanol–water partition coefficient (Wildman–Crippen LogP) is 4.16. The van der Waals surface area contributed by atoms with E-state index in [-0.39, 0.29) is 12.3 Å². The summed E-state index contributed by atoms with van der Waals surface area (Å²) in [6, 6.07) is 6.64. The van der Waals surface area contributed by atoms with Crippen molar-refractivity contribution in [2.24, 2.45) is 0 Å². The molecule has 9 heteroatoms. The van der Waals surface area contributed by atoms with Gasteiger partial charge in [-0.25, -0.2) is 15.0 Å². The maximum atomic E-state index is 12.1. The quantitative estimate of drug-likeness (QED) is 0.695. The van der Waals surface area contributed by atoms with E-state index >= 15 is 0 Å². The lowest BCUT2D eigenvalue weighted by Crippen LogP contribution is -2.14. The van der Waals surface area contributed by atoms with Crippen molar-refractivity contribution in [2.75, 3.05) is 10.6 Å². The Kier molecular flexibility index (Phi) is 5.24. The average Bonchev–Trinajstić information content (AvgIpc) is 2.99. The number of halogens is 2. The fraction of sp³-hybridized carbons (Fsp3) is 0.0667. The number of nitrogens with zero attached hydrogens (tertiary/aromatic N) is 3. The number of hydrogen-bond donors (Lipinski definition) is 2. The van der Waals surface area contributed by atoms with E-state index in [4.69, 9.17) is 23.2 Å². The molecule has 2 heterocycles. The van der Waals surface area contributed by atoms with Crippen molar-refractivity contribution in [2.45, 2.75) is 6.42 Å². The van der Waals surface area contributed by atoms with Gasteiger partial charge >= 0.3 is 0 Å². The molecule has 0 fully saturated rings. The number of benzene rings is 1. The van der Waals surface area contributed by atoms with E-state index in [1.165, 1.54) is 11.3 Å². The summed E-state index contributed by atoms with van der Waals surface area (Å²) in [5, 5.41) is 8.99. The van der Waals surface area contributed by atoms with Crippen molar-refractivity contribution in [3.05, 3.63) is 57.8 Å². The van der Waals surface area contributed by atoms with E-state index in [0.717, 1.165) is 0 Å². The minimum Gasteiger partial charge on any atom is -0.326 e. The number of nitrogens with one attached hydrogen (secondary N) is 2. The molecule has 122 valence electrons. The van der Waals surface area contributed by atoms with Crippen LogP contribution < -0.4 is 10.6 Å². The van der Waals surface area contributed by atoms with Crippen LogP contribution in [0.25, 0.3) is 0 Å². The molecular weight excluding hydrogens is 369 g/mol. The minimum atomic E-state index is -0.193. The lowest BCUT2D eigenvalue weighted by atomic mass is 10.3. The van der Waals surface area contributed by atoms with Crippen LogP contribution in [0, 0.1) is 0 Å². The Morgan fingerprint density at radius 3 is 2.71 bits per heavy atom. The van der Waals surface area contributed by atoms with E-state index in [1.54, 1.807) is 42.0 Å². The molecule has 3 aromatic rings. The van der Waals surface area contributed by atoms with Gasteiger partial charge in [0.05, 0.1) is 22.2 Å². The number of rotatable bonds is 5. The number of aromatic nitrogens is 3. The molecule has 2 N–H and O–H groups in total. The van der Waals surface area contributed by atoms with Crippen molar-refractivity contribution < 1.29 is 4.79 Å². The summed E-state index contributed by atoms with van der Waals surface area (Å²) in [6.07, 6.45) is 3.41. The Hall–Kier alpha value is -2.22. The molecule has 0 unspecified atom stereocenters. The highest BCUT2D eigenvalue weighted by Gasteiger charge is 2.10. The smallest absolute Gasteiger partial charge is 0.230 e. The molecule has 2 aromatic heterocycles. The third kappa shape index (κ3) is 4.41. The first-order valence-corrected chi connectivity index (χ1v) is 8.47. The van der Waals surface area contributed by atoms with Gasteiger partial charge in [0, 0.05) is 23.5 Å². The third-order valence-corrected chi connectivity index (χ3v) is 4.43. The zero-order valence-corrected chi connectivity index (χ0v) is 14.5. The second-order valence-corrected chi connectivity index (χ2v) is 6.37. The maximum Gasteiger partial charge on any atom is 0.230 e. The second-order valence-electron chi connectivity index (χ2n) is 4.70. The Labute approximate surface area is 151 Å². The number of hydrogen-bond acceptors (Lipinski definition) is 6.